The highest BCUT2D eigenvalue weighted by atomic mass is 79.9. The van der Waals surface area contributed by atoms with Gasteiger partial charge in [-0.2, -0.15) is 0 Å². The maximum absolute atomic E-state index is 5.68. The van der Waals surface area contributed by atoms with Crippen LogP contribution in [0.5, 0.6) is 11.5 Å². The Labute approximate surface area is 134 Å². The lowest BCUT2D eigenvalue weighted by Crippen LogP contribution is -2.09. The van der Waals surface area contributed by atoms with Crippen molar-refractivity contribution in [2.75, 3.05) is 13.7 Å². The van der Waals surface area contributed by atoms with Crippen LogP contribution in [0.3, 0.4) is 0 Å². The van der Waals surface area contributed by atoms with Gasteiger partial charge >= 0.3 is 0 Å². The van der Waals surface area contributed by atoms with E-state index in [1.165, 1.54) is 16.7 Å². The van der Waals surface area contributed by atoms with E-state index in [-0.39, 0.29) is 4.83 Å². The highest BCUT2D eigenvalue weighted by Crippen LogP contribution is 2.34. The number of rotatable bonds is 4. The van der Waals surface area contributed by atoms with Gasteiger partial charge in [-0.15, -0.1) is 0 Å². The zero-order chi connectivity index (χ0) is 14.7. The molecule has 1 atom stereocenters. The molecule has 2 nitrogen and oxygen atoms in total. The van der Waals surface area contributed by atoms with E-state index in [4.69, 9.17) is 9.47 Å². The first-order chi connectivity index (χ1) is 10.3. The minimum absolute atomic E-state index is 0.279. The Kier molecular flexibility index (Phi) is 4.49. The second kappa shape index (κ2) is 6.52. The average molecular weight is 347 g/mol. The number of alkyl halides is 1. The van der Waals surface area contributed by atoms with Crippen LogP contribution in [-0.4, -0.2) is 13.7 Å². The molecule has 2 aromatic carbocycles. The van der Waals surface area contributed by atoms with Crippen LogP contribution in [-0.2, 0) is 12.8 Å². The first-order valence-electron chi connectivity index (χ1n) is 7.29. The second-order valence-electron chi connectivity index (χ2n) is 5.30. The van der Waals surface area contributed by atoms with E-state index in [0.29, 0.717) is 0 Å². The number of halogens is 1. The number of hydrogen-bond donors (Lipinski definition) is 0. The van der Waals surface area contributed by atoms with E-state index in [9.17, 15) is 0 Å². The lowest BCUT2D eigenvalue weighted by molar-refractivity contribution is 0.288. The summed E-state index contributed by atoms with van der Waals surface area (Å²) in [6.07, 6.45) is 3.12. The van der Waals surface area contributed by atoms with Crippen LogP contribution in [0.1, 0.15) is 27.9 Å². The van der Waals surface area contributed by atoms with Crippen LogP contribution in [0.2, 0.25) is 0 Å². The summed E-state index contributed by atoms with van der Waals surface area (Å²) in [5.74, 6) is 1.99. The molecule has 0 aromatic heterocycles. The van der Waals surface area contributed by atoms with Gasteiger partial charge in [0.25, 0.3) is 0 Å². The number of ether oxygens (including phenoxy) is 2. The van der Waals surface area contributed by atoms with Crippen molar-refractivity contribution >= 4 is 15.9 Å². The topological polar surface area (TPSA) is 18.5 Å². The van der Waals surface area contributed by atoms with Gasteiger partial charge in [-0.25, -0.2) is 0 Å². The smallest absolute Gasteiger partial charge is 0.122 e. The standard InChI is InChI=1S/C18H19BrO2/c1-20-17-7-3-2-5-15(17)12-16(19)13-8-9-18-14(11-13)6-4-10-21-18/h2-3,5,7-9,11,16H,4,6,10,12H2,1H3. The number of benzene rings is 2. The third-order valence-electron chi connectivity index (χ3n) is 3.89. The van der Waals surface area contributed by atoms with E-state index in [1.54, 1.807) is 7.11 Å². The third-order valence-corrected chi connectivity index (χ3v) is 4.74. The van der Waals surface area contributed by atoms with Crippen molar-refractivity contribution in [3.8, 4) is 11.5 Å². The Hall–Kier alpha value is -1.48. The van der Waals surface area contributed by atoms with Gasteiger partial charge in [0, 0.05) is 4.83 Å². The van der Waals surface area contributed by atoms with E-state index in [2.05, 4.69) is 46.3 Å². The first-order valence-corrected chi connectivity index (χ1v) is 8.21. The zero-order valence-electron chi connectivity index (χ0n) is 12.1. The van der Waals surface area contributed by atoms with Gasteiger partial charge in [-0.1, -0.05) is 46.3 Å². The van der Waals surface area contributed by atoms with Gasteiger partial charge < -0.3 is 9.47 Å². The van der Waals surface area contributed by atoms with Crippen LogP contribution in [0, 0.1) is 0 Å². The highest BCUT2D eigenvalue weighted by Gasteiger charge is 2.15. The van der Waals surface area contributed by atoms with E-state index in [0.717, 1.165) is 37.4 Å². The summed E-state index contributed by atoms with van der Waals surface area (Å²) < 4.78 is 11.1. The van der Waals surface area contributed by atoms with Crippen molar-refractivity contribution < 1.29 is 9.47 Å². The lowest BCUT2D eigenvalue weighted by atomic mass is 9.98. The summed E-state index contributed by atoms with van der Waals surface area (Å²) in [7, 11) is 1.72. The van der Waals surface area contributed by atoms with E-state index in [1.807, 2.05) is 12.1 Å². The van der Waals surface area contributed by atoms with Gasteiger partial charge in [0.2, 0.25) is 0 Å². The summed E-state index contributed by atoms with van der Waals surface area (Å²) >= 11 is 3.82. The monoisotopic (exact) mass is 346 g/mol. The molecular formula is C18H19BrO2. The van der Waals surface area contributed by atoms with Gasteiger partial charge in [0.05, 0.1) is 13.7 Å². The fourth-order valence-corrected chi connectivity index (χ4v) is 3.39. The molecule has 0 N–H and O–H groups in total. The summed E-state index contributed by atoms with van der Waals surface area (Å²) in [5.41, 5.74) is 3.84. The largest absolute Gasteiger partial charge is 0.496 e. The first kappa shape index (κ1) is 14.5. The summed E-state index contributed by atoms with van der Waals surface area (Å²) in [6.45, 7) is 0.839. The molecule has 3 heteroatoms. The van der Waals surface area contributed by atoms with Crippen LogP contribution in [0.4, 0.5) is 0 Å². The predicted molar refractivity (Wildman–Crippen MR) is 88.6 cm³/mol. The number of para-hydroxylation sites is 1. The number of hydrogen-bond acceptors (Lipinski definition) is 2. The highest BCUT2D eigenvalue weighted by molar-refractivity contribution is 9.09. The van der Waals surface area contributed by atoms with E-state index < -0.39 is 0 Å². The Bertz CT molecular complexity index is 624. The SMILES string of the molecule is COc1ccccc1CC(Br)c1ccc2c(c1)CCCO2. The molecule has 1 heterocycles. The van der Waals surface area contributed by atoms with Crippen molar-refractivity contribution in [3.63, 3.8) is 0 Å². The molecular weight excluding hydrogens is 328 g/mol. The van der Waals surface area contributed by atoms with E-state index >= 15 is 0 Å². The van der Waals surface area contributed by atoms with Crippen molar-refractivity contribution in [3.05, 3.63) is 59.2 Å². The molecule has 1 aliphatic rings. The molecule has 2 aromatic rings. The van der Waals surface area contributed by atoms with Crippen LogP contribution in [0.15, 0.2) is 42.5 Å². The van der Waals surface area contributed by atoms with Crippen LogP contribution < -0.4 is 9.47 Å². The summed E-state index contributed by atoms with van der Waals surface area (Å²) in [5, 5.41) is 0. The molecule has 0 radical (unpaired) electrons. The quantitative estimate of drug-likeness (QED) is 0.747. The molecule has 1 aliphatic heterocycles. The minimum atomic E-state index is 0.279. The maximum Gasteiger partial charge on any atom is 0.122 e. The predicted octanol–water partition coefficient (Wildman–Crippen LogP) is 4.70. The van der Waals surface area contributed by atoms with Gasteiger partial charge in [0.15, 0.2) is 0 Å². The maximum atomic E-state index is 5.68. The number of aryl methyl sites for hydroxylation is 1. The molecule has 0 bridgehead atoms. The summed E-state index contributed by atoms with van der Waals surface area (Å²) in [4.78, 5) is 0.279. The minimum Gasteiger partial charge on any atom is -0.496 e. The Morgan fingerprint density at radius 3 is 2.95 bits per heavy atom. The Balaban J connectivity index is 1.80. The molecule has 0 saturated heterocycles. The zero-order valence-corrected chi connectivity index (χ0v) is 13.7. The van der Waals surface area contributed by atoms with Crippen molar-refractivity contribution in [1.82, 2.24) is 0 Å². The van der Waals surface area contributed by atoms with Gasteiger partial charge in [-0.3, -0.25) is 0 Å². The van der Waals surface area contributed by atoms with Crippen molar-refractivity contribution in [1.29, 1.82) is 0 Å². The third kappa shape index (κ3) is 3.24. The van der Waals surface area contributed by atoms with Gasteiger partial charge in [-0.05, 0) is 48.1 Å². The molecule has 0 saturated carbocycles. The molecule has 0 fully saturated rings. The molecule has 0 spiro atoms. The number of methoxy groups -OCH3 is 1. The molecule has 0 amide bonds. The molecule has 1 unspecified atom stereocenters. The number of fused-ring (bicyclic) bond motifs is 1. The van der Waals surface area contributed by atoms with Crippen LogP contribution >= 0.6 is 15.9 Å². The van der Waals surface area contributed by atoms with Crippen molar-refractivity contribution in [2.45, 2.75) is 24.1 Å². The Morgan fingerprint density at radius 2 is 2.10 bits per heavy atom. The lowest BCUT2D eigenvalue weighted by Gasteiger charge is -2.20. The average Bonchev–Trinajstić information content (AvgIpc) is 2.55. The van der Waals surface area contributed by atoms with Gasteiger partial charge in [0.1, 0.15) is 11.5 Å². The summed E-state index contributed by atoms with van der Waals surface area (Å²) in [6, 6.07) is 14.7. The molecule has 3 rings (SSSR count). The molecule has 110 valence electrons. The fraction of sp³-hybridized carbons (Fsp3) is 0.333. The Morgan fingerprint density at radius 1 is 1.24 bits per heavy atom. The second-order valence-corrected chi connectivity index (χ2v) is 6.41. The molecule has 0 aliphatic carbocycles. The normalized spacial score (nSPS) is 15.0. The fourth-order valence-electron chi connectivity index (χ4n) is 2.76. The van der Waals surface area contributed by atoms with Crippen LogP contribution in [0.25, 0.3) is 0 Å². The van der Waals surface area contributed by atoms with Crippen molar-refractivity contribution in [2.24, 2.45) is 0 Å². The molecule has 21 heavy (non-hydrogen) atoms.